The Hall–Kier alpha value is -3.01. The Balaban J connectivity index is 1.85. The number of anilines is 1. The molecule has 3 N–H and O–H groups in total. The number of aromatic hydroxyl groups is 1. The Kier molecular flexibility index (Phi) is 7.03. The van der Waals surface area contributed by atoms with Crippen molar-refractivity contribution < 1.29 is 19.4 Å². The standard InChI is InChI=1S/C16H19N5O4S/c1-3-4-13(23)18-16-21-20-15(26-16)8-14(24)19-17-9-10-5-6-11(22)12(7-10)25-2/h5-7,9,22H,3-4,8H2,1-2H3,(H,19,24)(H,18,21,23). The molecule has 0 unspecified atom stereocenters. The quantitative estimate of drug-likeness (QED) is 0.475. The van der Waals surface area contributed by atoms with Gasteiger partial charge in [0.2, 0.25) is 16.9 Å². The lowest BCUT2D eigenvalue weighted by Crippen LogP contribution is -2.19. The summed E-state index contributed by atoms with van der Waals surface area (Å²) >= 11 is 1.14. The SMILES string of the molecule is CCCC(=O)Nc1nnc(CC(=O)NN=Cc2ccc(O)c(OC)c2)s1. The van der Waals surface area contributed by atoms with Crippen molar-refractivity contribution in [3.63, 3.8) is 0 Å². The number of hydrazone groups is 1. The first kappa shape index (κ1) is 19.3. The molecule has 0 aliphatic carbocycles. The molecule has 0 aliphatic heterocycles. The van der Waals surface area contributed by atoms with Gasteiger partial charge in [0, 0.05) is 6.42 Å². The van der Waals surface area contributed by atoms with Crippen LogP contribution in [0.4, 0.5) is 5.13 Å². The van der Waals surface area contributed by atoms with Gasteiger partial charge in [-0.15, -0.1) is 10.2 Å². The Labute approximate surface area is 154 Å². The maximum atomic E-state index is 11.9. The fourth-order valence-corrected chi connectivity index (χ4v) is 2.67. The number of nitrogens with zero attached hydrogens (tertiary/aromatic N) is 3. The first-order valence-electron chi connectivity index (χ1n) is 7.83. The molecule has 9 nitrogen and oxygen atoms in total. The van der Waals surface area contributed by atoms with Gasteiger partial charge in [-0.05, 0) is 30.2 Å². The second-order valence-corrected chi connectivity index (χ2v) is 6.26. The molecule has 2 aromatic rings. The van der Waals surface area contributed by atoms with Gasteiger partial charge < -0.3 is 15.2 Å². The van der Waals surface area contributed by atoms with Crippen LogP contribution in [0.5, 0.6) is 11.5 Å². The number of carbonyl (C=O) groups excluding carboxylic acids is 2. The number of nitrogens with one attached hydrogen (secondary N) is 2. The highest BCUT2D eigenvalue weighted by Gasteiger charge is 2.10. The van der Waals surface area contributed by atoms with Crippen molar-refractivity contribution in [3.05, 3.63) is 28.8 Å². The second-order valence-electron chi connectivity index (χ2n) is 5.20. The van der Waals surface area contributed by atoms with E-state index in [1.165, 1.54) is 19.4 Å². The van der Waals surface area contributed by atoms with Crippen LogP contribution in [0.15, 0.2) is 23.3 Å². The summed E-state index contributed by atoms with van der Waals surface area (Å²) in [5, 5.41) is 24.5. The van der Waals surface area contributed by atoms with Gasteiger partial charge in [0.15, 0.2) is 11.5 Å². The van der Waals surface area contributed by atoms with Gasteiger partial charge in [0.05, 0.1) is 19.7 Å². The zero-order valence-corrected chi connectivity index (χ0v) is 15.2. The molecule has 1 aromatic carbocycles. The summed E-state index contributed by atoms with van der Waals surface area (Å²) in [7, 11) is 1.44. The van der Waals surface area contributed by atoms with Crippen LogP contribution in [-0.4, -0.2) is 40.4 Å². The molecule has 0 saturated carbocycles. The van der Waals surface area contributed by atoms with Crippen LogP contribution in [-0.2, 0) is 16.0 Å². The summed E-state index contributed by atoms with van der Waals surface area (Å²) in [6.45, 7) is 1.91. The van der Waals surface area contributed by atoms with E-state index in [2.05, 4.69) is 26.0 Å². The lowest BCUT2D eigenvalue weighted by Gasteiger charge is -2.03. The van der Waals surface area contributed by atoms with Crippen LogP contribution in [0.3, 0.4) is 0 Å². The third kappa shape index (κ3) is 5.81. The Morgan fingerprint density at radius 2 is 2.15 bits per heavy atom. The number of carbonyl (C=O) groups is 2. The van der Waals surface area contributed by atoms with E-state index in [9.17, 15) is 14.7 Å². The highest BCUT2D eigenvalue weighted by molar-refractivity contribution is 7.15. The number of ether oxygens (including phenoxy) is 1. The molecule has 0 aliphatic rings. The predicted octanol–water partition coefficient (Wildman–Crippen LogP) is 1.68. The van der Waals surface area contributed by atoms with Crippen molar-refractivity contribution in [2.75, 3.05) is 12.4 Å². The summed E-state index contributed by atoms with van der Waals surface area (Å²) in [6.07, 6.45) is 2.57. The zero-order chi connectivity index (χ0) is 18.9. The fourth-order valence-electron chi connectivity index (χ4n) is 1.91. The minimum absolute atomic E-state index is 0.00243. The molecule has 138 valence electrons. The zero-order valence-electron chi connectivity index (χ0n) is 14.4. The summed E-state index contributed by atoms with van der Waals surface area (Å²) in [5.74, 6) is -0.165. The van der Waals surface area contributed by atoms with Gasteiger partial charge in [-0.25, -0.2) is 5.43 Å². The van der Waals surface area contributed by atoms with Crippen molar-refractivity contribution in [3.8, 4) is 11.5 Å². The lowest BCUT2D eigenvalue weighted by atomic mass is 10.2. The number of amides is 2. The highest BCUT2D eigenvalue weighted by atomic mass is 32.1. The lowest BCUT2D eigenvalue weighted by molar-refractivity contribution is -0.120. The monoisotopic (exact) mass is 377 g/mol. The number of rotatable bonds is 8. The molecule has 0 atom stereocenters. The van der Waals surface area contributed by atoms with Gasteiger partial charge in [0.1, 0.15) is 5.01 Å². The van der Waals surface area contributed by atoms with Gasteiger partial charge in [-0.2, -0.15) is 5.10 Å². The van der Waals surface area contributed by atoms with Crippen molar-refractivity contribution in [1.82, 2.24) is 15.6 Å². The number of benzene rings is 1. The van der Waals surface area contributed by atoms with Crippen molar-refractivity contribution in [2.24, 2.45) is 5.10 Å². The number of hydrogen-bond donors (Lipinski definition) is 3. The third-order valence-electron chi connectivity index (χ3n) is 3.11. The van der Waals surface area contributed by atoms with E-state index in [1.54, 1.807) is 12.1 Å². The van der Waals surface area contributed by atoms with Crippen molar-refractivity contribution in [2.45, 2.75) is 26.2 Å². The Morgan fingerprint density at radius 1 is 1.35 bits per heavy atom. The minimum atomic E-state index is -0.366. The van der Waals surface area contributed by atoms with Crippen LogP contribution in [0.25, 0.3) is 0 Å². The molecule has 2 rings (SSSR count). The van der Waals surface area contributed by atoms with Crippen molar-refractivity contribution >= 4 is 34.5 Å². The predicted molar refractivity (Wildman–Crippen MR) is 97.5 cm³/mol. The molecule has 26 heavy (non-hydrogen) atoms. The molecule has 0 radical (unpaired) electrons. The first-order chi connectivity index (χ1) is 12.5. The van der Waals surface area contributed by atoms with Gasteiger partial charge in [-0.1, -0.05) is 18.3 Å². The van der Waals surface area contributed by atoms with Crippen LogP contribution in [0, 0.1) is 0 Å². The van der Waals surface area contributed by atoms with Crippen LogP contribution >= 0.6 is 11.3 Å². The summed E-state index contributed by atoms with van der Waals surface area (Å²) in [4.78, 5) is 23.4. The van der Waals surface area contributed by atoms with Gasteiger partial charge in [-0.3, -0.25) is 9.59 Å². The van der Waals surface area contributed by atoms with Crippen LogP contribution in [0.1, 0.15) is 30.3 Å². The molecule has 0 spiro atoms. The largest absolute Gasteiger partial charge is 0.504 e. The van der Waals surface area contributed by atoms with E-state index in [1.807, 2.05) is 6.92 Å². The topological polar surface area (TPSA) is 126 Å². The van der Waals surface area contributed by atoms with Crippen LogP contribution < -0.4 is 15.5 Å². The average molecular weight is 377 g/mol. The Bertz CT molecular complexity index is 806. The number of aromatic nitrogens is 2. The third-order valence-corrected chi connectivity index (χ3v) is 3.95. The number of hydrogen-bond acceptors (Lipinski definition) is 8. The number of methoxy groups -OCH3 is 1. The van der Waals surface area contributed by atoms with E-state index in [-0.39, 0.29) is 24.0 Å². The van der Waals surface area contributed by atoms with E-state index >= 15 is 0 Å². The fraction of sp³-hybridized carbons (Fsp3) is 0.312. The molecular formula is C16H19N5O4S. The molecule has 0 saturated heterocycles. The van der Waals surface area contributed by atoms with E-state index in [0.29, 0.717) is 27.9 Å². The average Bonchev–Trinajstić information content (AvgIpc) is 3.03. The van der Waals surface area contributed by atoms with E-state index in [4.69, 9.17) is 4.74 Å². The molecule has 2 amide bonds. The minimum Gasteiger partial charge on any atom is -0.504 e. The second kappa shape index (κ2) is 9.47. The molecule has 10 heteroatoms. The summed E-state index contributed by atoms with van der Waals surface area (Å²) in [6, 6.07) is 4.68. The smallest absolute Gasteiger partial charge is 0.247 e. The maximum Gasteiger partial charge on any atom is 0.247 e. The molecular weight excluding hydrogens is 358 g/mol. The maximum absolute atomic E-state index is 11.9. The van der Waals surface area contributed by atoms with Gasteiger partial charge in [0.25, 0.3) is 0 Å². The normalized spacial score (nSPS) is 10.7. The van der Waals surface area contributed by atoms with Crippen molar-refractivity contribution in [1.29, 1.82) is 0 Å². The molecule has 1 aromatic heterocycles. The number of phenolic OH excluding ortho intramolecular Hbond substituents is 1. The van der Waals surface area contributed by atoms with Gasteiger partial charge >= 0.3 is 0 Å². The Morgan fingerprint density at radius 3 is 2.88 bits per heavy atom. The summed E-state index contributed by atoms with van der Waals surface area (Å²) in [5.41, 5.74) is 3.03. The first-order valence-corrected chi connectivity index (χ1v) is 8.64. The van der Waals surface area contributed by atoms with E-state index < -0.39 is 0 Å². The molecule has 0 bridgehead atoms. The summed E-state index contributed by atoms with van der Waals surface area (Å²) < 4.78 is 4.99. The highest BCUT2D eigenvalue weighted by Crippen LogP contribution is 2.25. The molecule has 0 fully saturated rings. The number of phenols is 1. The van der Waals surface area contributed by atoms with Crippen LogP contribution in [0.2, 0.25) is 0 Å². The van der Waals surface area contributed by atoms with E-state index in [0.717, 1.165) is 17.8 Å². The molecule has 1 heterocycles.